The molecule has 0 aliphatic carbocycles. The van der Waals surface area contributed by atoms with E-state index < -0.39 is 24.6 Å². The lowest BCUT2D eigenvalue weighted by molar-refractivity contribution is -0.136. The van der Waals surface area contributed by atoms with Gasteiger partial charge in [0.25, 0.3) is 0 Å². The molecule has 1 aromatic heterocycles. The number of hydrogen-bond acceptors (Lipinski definition) is 4. The fourth-order valence-corrected chi connectivity index (χ4v) is 1.74. The minimum atomic E-state index is -4.46. The lowest BCUT2D eigenvalue weighted by Gasteiger charge is -2.07. The number of carboxylic acid groups (broad SMARTS) is 1. The fraction of sp³-hybridized carbons (Fsp3) is 0.300. The second-order valence-electron chi connectivity index (χ2n) is 3.37. The molecule has 104 valence electrons. The number of rotatable bonds is 5. The van der Waals surface area contributed by atoms with Crippen molar-refractivity contribution in [2.45, 2.75) is 11.2 Å². The van der Waals surface area contributed by atoms with Crippen LogP contribution >= 0.6 is 11.8 Å². The third-order valence-corrected chi connectivity index (χ3v) is 2.74. The van der Waals surface area contributed by atoms with Crippen molar-refractivity contribution < 1.29 is 27.9 Å². The zero-order valence-electron chi connectivity index (χ0n) is 9.40. The van der Waals surface area contributed by atoms with Gasteiger partial charge in [0.05, 0.1) is 16.3 Å². The average Bonchev–Trinajstić information content (AvgIpc) is 2.33. The van der Waals surface area contributed by atoms with E-state index in [1.807, 2.05) is 0 Å². The zero-order valence-corrected chi connectivity index (χ0v) is 10.2. The van der Waals surface area contributed by atoms with E-state index in [1.54, 1.807) is 5.32 Å². The summed E-state index contributed by atoms with van der Waals surface area (Å²) in [6.45, 7) is -1.39. The number of aromatic carboxylic acids is 1. The number of amides is 1. The van der Waals surface area contributed by atoms with Gasteiger partial charge >= 0.3 is 12.1 Å². The Hall–Kier alpha value is -1.77. The van der Waals surface area contributed by atoms with Gasteiger partial charge in [-0.05, 0) is 12.1 Å². The lowest BCUT2D eigenvalue weighted by Crippen LogP contribution is -2.34. The van der Waals surface area contributed by atoms with Crippen LogP contribution in [0.2, 0.25) is 0 Å². The number of carboxylic acids is 1. The minimum Gasteiger partial charge on any atom is -0.478 e. The number of aromatic nitrogens is 1. The van der Waals surface area contributed by atoms with E-state index in [4.69, 9.17) is 5.11 Å². The summed E-state index contributed by atoms with van der Waals surface area (Å²) in [6.07, 6.45) is -3.21. The predicted molar refractivity (Wildman–Crippen MR) is 61.0 cm³/mol. The Labute approximate surface area is 110 Å². The SMILES string of the molecule is O=C(CSc1cc(C(=O)O)ccn1)NCC(F)(F)F. The maximum absolute atomic E-state index is 11.8. The van der Waals surface area contributed by atoms with Gasteiger partial charge in [-0.15, -0.1) is 0 Å². The Kier molecular flexibility index (Phi) is 5.16. The van der Waals surface area contributed by atoms with E-state index in [1.165, 1.54) is 18.3 Å². The molecule has 0 unspecified atom stereocenters. The van der Waals surface area contributed by atoms with E-state index in [2.05, 4.69) is 4.98 Å². The van der Waals surface area contributed by atoms with Crippen LogP contribution in [0.25, 0.3) is 0 Å². The van der Waals surface area contributed by atoms with E-state index in [9.17, 15) is 22.8 Å². The molecule has 0 saturated heterocycles. The van der Waals surface area contributed by atoms with E-state index in [0.717, 1.165) is 11.8 Å². The normalized spacial score (nSPS) is 11.1. The van der Waals surface area contributed by atoms with Crippen molar-refractivity contribution in [3.05, 3.63) is 23.9 Å². The van der Waals surface area contributed by atoms with Crippen molar-refractivity contribution in [1.82, 2.24) is 10.3 Å². The van der Waals surface area contributed by atoms with Crippen molar-refractivity contribution in [3.63, 3.8) is 0 Å². The Balaban J connectivity index is 2.46. The first kappa shape index (κ1) is 15.3. The number of thioether (sulfide) groups is 1. The molecule has 0 spiro atoms. The van der Waals surface area contributed by atoms with Crippen LogP contribution in [0, 0.1) is 0 Å². The molecule has 0 fully saturated rings. The Morgan fingerprint density at radius 2 is 2.11 bits per heavy atom. The Bertz CT molecular complexity index is 479. The third-order valence-electron chi connectivity index (χ3n) is 1.82. The van der Waals surface area contributed by atoms with Gasteiger partial charge in [0.15, 0.2) is 0 Å². The van der Waals surface area contributed by atoms with Crippen molar-refractivity contribution in [3.8, 4) is 0 Å². The highest BCUT2D eigenvalue weighted by atomic mass is 32.2. The molecule has 0 bridgehead atoms. The summed E-state index contributed by atoms with van der Waals surface area (Å²) in [7, 11) is 0. The van der Waals surface area contributed by atoms with Crippen LogP contribution in [-0.2, 0) is 4.79 Å². The van der Waals surface area contributed by atoms with E-state index >= 15 is 0 Å². The van der Waals surface area contributed by atoms with Crippen LogP contribution < -0.4 is 5.32 Å². The number of nitrogens with one attached hydrogen (secondary N) is 1. The van der Waals surface area contributed by atoms with Crippen molar-refractivity contribution in [2.75, 3.05) is 12.3 Å². The average molecular weight is 294 g/mol. The van der Waals surface area contributed by atoms with Gasteiger partial charge in [0.2, 0.25) is 5.91 Å². The molecule has 5 nitrogen and oxygen atoms in total. The molecule has 19 heavy (non-hydrogen) atoms. The molecule has 1 aromatic rings. The topological polar surface area (TPSA) is 79.3 Å². The number of pyridine rings is 1. The summed E-state index contributed by atoms with van der Waals surface area (Å²) < 4.78 is 35.5. The van der Waals surface area contributed by atoms with Crippen LogP contribution in [0.15, 0.2) is 23.4 Å². The van der Waals surface area contributed by atoms with E-state index in [-0.39, 0.29) is 16.3 Å². The number of nitrogens with zero attached hydrogens (tertiary/aromatic N) is 1. The van der Waals surface area contributed by atoms with Crippen LogP contribution in [0.5, 0.6) is 0 Å². The molecule has 0 atom stereocenters. The first-order chi connectivity index (χ1) is 8.78. The maximum Gasteiger partial charge on any atom is 0.405 e. The molecule has 0 saturated carbocycles. The van der Waals surface area contributed by atoms with Crippen molar-refractivity contribution in [1.29, 1.82) is 0 Å². The van der Waals surface area contributed by atoms with Gasteiger partial charge in [0.1, 0.15) is 6.54 Å². The maximum atomic E-state index is 11.8. The first-order valence-electron chi connectivity index (χ1n) is 4.93. The van der Waals surface area contributed by atoms with Gasteiger partial charge < -0.3 is 10.4 Å². The highest BCUT2D eigenvalue weighted by Gasteiger charge is 2.27. The summed E-state index contributed by atoms with van der Waals surface area (Å²) in [5, 5.41) is 10.7. The van der Waals surface area contributed by atoms with Crippen molar-refractivity contribution >= 4 is 23.6 Å². The largest absolute Gasteiger partial charge is 0.478 e. The van der Waals surface area contributed by atoms with Gasteiger partial charge in [0, 0.05) is 6.20 Å². The molecule has 2 N–H and O–H groups in total. The van der Waals surface area contributed by atoms with Crippen LogP contribution in [0.3, 0.4) is 0 Å². The quantitative estimate of drug-likeness (QED) is 0.805. The number of hydrogen-bond donors (Lipinski definition) is 2. The summed E-state index contributed by atoms with van der Waals surface area (Å²) in [5.74, 6) is -2.22. The molecule has 1 amide bonds. The molecule has 0 aliphatic heterocycles. The molecule has 1 heterocycles. The number of carbonyl (C=O) groups excluding carboxylic acids is 1. The Morgan fingerprint density at radius 3 is 2.68 bits per heavy atom. The second-order valence-corrected chi connectivity index (χ2v) is 4.36. The molecule has 0 aliphatic rings. The van der Waals surface area contributed by atoms with Crippen LogP contribution in [0.4, 0.5) is 13.2 Å². The minimum absolute atomic E-state index is 0.00630. The lowest BCUT2D eigenvalue weighted by atomic mass is 10.3. The number of carbonyl (C=O) groups is 2. The monoisotopic (exact) mass is 294 g/mol. The molecule has 0 radical (unpaired) electrons. The summed E-state index contributed by atoms with van der Waals surface area (Å²) >= 11 is 0.857. The van der Waals surface area contributed by atoms with Gasteiger partial charge in [-0.2, -0.15) is 13.2 Å². The zero-order chi connectivity index (χ0) is 14.5. The molecule has 9 heteroatoms. The predicted octanol–water partition coefficient (Wildman–Crippen LogP) is 1.55. The summed E-state index contributed by atoms with van der Waals surface area (Å²) in [4.78, 5) is 25.6. The number of alkyl halides is 3. The highest BCUT2D eigenvalue weighted by Crippen LogP contribution is 2.16. The number of halogens is 3. The fourth-order valence-electron chi connectivity index (χ4n) is 1.01. The molecular weight excluding hydrogens is 285 g/mol. The van der Waals surface area contributed by atoms with Gasteiger partial charge in [-0.25, -0.2) is 9.78 Å². The van der Waals surface area contributed by atoms with Crippen LogP contribution in [-0.4, -0.2) is 40.4 Å². The smallest absolute Gasteiger partial charge is 0.405 e. The summed E-state index contributed by atoms with van der Waals surface area (Å²) in [6, 6.07) is 2.51. The van der Waals surface area contributed by atoms with Gasteiger partial charge in [-0.1, -0.05) is 11.8 Å². The highest BCUT2D eigenvalue weighted by molar-refractivity contribution is 7.99. The molecule has 0 aromatic carbocycles. The molecule has 1 rings (SSSR count). The molecular formula is C10H9F3N2O3S. The summed E-state index contributed by atoms with van der Waals surface area (Å²) in [5.41, 5.74) is -0.00630. The third kappa shape index (κ3) is 6.09. The standard InChI is InChI=1S/C10H9F3N2O3S/c11-10(12,13)5-15-7(16)4-19-8-3-6(9(17)18)1-2-14-8/h1-3H,4-5H2,(H,15,16)(H,17,18). The van der Waals surface area contributed by atoms with Gasteiger partial charge in [-0.3, -0.25) is 4.79 Å². The first-order valence-corrected chi connectivity index (χ1v) is 5.92. The van der Waals surface area contributed by atoms with E-state index in [0.29, 0.717) is 0 Å². The van der Waals surface area contributed by atoms with Crippen molar-refractivity contribution in [2.24, 2.45) is 0 Å². The second kappa shape index (κ2) is 6.41. The van der Waals surface area contributed by atoms with Crippen LogP contribution in [0.1, 0.15) is 10.4 Å². The Morgan fingerprint density at radius 1 is 1.42 bits per heavy atom.